The van der Waals surface area contributed by atoms with Crippen molar-refractivity contribution in [1.29, 1.82) is 0 Å². The van der Waals surface area contributed by atoms with Crippen LogP contribution in [0.2, 0.25) is 0 Å². The standard InChI is InChI=1S/C25H21BrN4O3S/c1-32-22-13-17(14-27-30-25-29-21(16-34-25)18-8-4-2-5-9-18)12-20(26)24(22)33-15-23(31)28-19-10-6-3-7-11-19/h2-14,16H,15H2,1H3,(H,28,31)(H,29,30). The van der Waals surface area contributed by atoms with Gasteiger partial charge in [0, 0.05) is 16.6 Å². The lowest BCUT2D eigenvalue weighted by molar-refractivity contribution is -0.118. The molecule has 0 radical (unpaired) electrons. The maximum absolute atomic E-state index is 12.2. The Labute approximate surface area is 209 Å². The number of benzene rings is 3. The van der Waals surface area contributed by atoms with E-state index in [4.69, 9.17) is 9.47 Å². The van der Waals surface area contributed by atoms with E-state index in [0.717, 1.165) is 16.8 Å². The Bertz CT molecular complexity index is 1280. The smallest absolute Gasteiger partial charge is 0.262 e. The maximum Gasteiger partial charge on any atom is 0.262 e. The number of hydrazone groups is 1. The van der Waals surface area contributed by atoms with E-state index in [-0.39, 0.29) is 12.5 Å². The molecule has 0 saturated carbocycles. The van der Waals surface area contributed by atoms with Crippen molar-refractivity contribution < 1.29 is 14.3 Å². The third-order valence-corrected chi connectivity index (χ3v) is 5.94. The number of carbonyl (C=O) groups is 1. The molecule has 0 aliphatic rings. The molecule has 0 spiro atoms. The van der Waals surface area contributed by atoms with Gasteiger partial charge in [-0.25, -0.2) is 4.98 Å². The molecule has 0 fully saturated rings. The minimum atomic E-state index is -0.270. The number of para-hydroxylation sites is 1. The van der Waals surface area contributed by atoms with Gasteiger partial charge in [-0.15, -0.1) is 11.3 Å². The number of carbonyl (C=O) groups excluding carboxylic acids is 1. The molecule has 0 atom stereocenters. The molecule has 34 heavy (non-hydrogen) atoms. The topological polar surface area (TPSA) is 84.8 Å². The van der Waals surface area contributed by atoms with Crippen molar-refractivity contribution in [1.82, 2.24) is 4.98 Å². The Kier molecular flexibility index (Phi) is 7.90. The molecule has 4 rings (SSSR count). The Morgan fingerprint density at radius 3 is 2.59 bits per heavy atom. The first-order valence-corrected chi connectivity index (χ1v) is 11.9. The van der Waals surface area contributed by atoms with Crippen LogP contribution in [0.5, 0.6) is 11.5 Å². The molecule has 172 valence electrons. The monoisotopic (exact) mass is 536 g/mol. The summed E-state index contributed by atoms with van der Waals surface area (Å²) in [5, 5.41) is 9.72. The van der Waals surface area contributed by atoms with Gasteiger partial charge in [-0.2, -0.15) is 5.10 Å². The quantitative estimate of drug-likeness (QED) is 0.201. The second-order valence-electron chi connectivity index (χ2n) is 7.01. The maximum atomic E-state index is 12.2. The summed E-state index contributed by atoms with van der Waals surface area (Å²) in [6, 6.07) is 22.8. The van der Waals surface area contributed by atoms with E-state index in [1.54, 1.807) is 19.4 Å². The fourth-order valence-electron chi connectivity index (χ4n) is 3.04. The first-order valence-electron chi connectivity index (χ1n) is 10.3. The number of nitrogens with zero attached hydrogens (tertiary/aromatic N) is 2. The zero-order valence-electron chi connectivity index (χ0n) is 18.2. The SMILES string of the molecule is COc1cc(C=NNc2nc(-c3ccccc3)cs2)cc(Br)c1OCC(=O)Nc1ccccc1. The summed E-state index contributed by atoms with van der Waals surface area (Å²) < 4.78 is 11.8. The van der Waals surface area contributed by atoms with Crippen LogP contribution in [0.15, 0.2) is 87.8 Å². The molecule has 1 amide bonds. The van der Waals surface area contributed by atoms with Gasteiger partial charge in [0.05, 0.1) is 23.5 Å². The number of aromatic nitrogens is 1. The Hall–Kier alpha value is -3.69. The summed E-state index contributed by atoms with van der Waals surface area (Å²) in [5.41, 5.74) is 6.38. The Morgan fingerprint density at radius 1 is 1.12 bits per heavy atom. The fraction of sp³-hybridized carbons (Fsp3) is 0.0800. The van der Waals surface area contributed by atoms with E-state index < -0.39 is 0 Å². The van der Waals surface area contributed by atoms with Crippen LogP contribution in [0, 0.1) is 0 Å². The third kappa shape index (κ3) is 6.21. The number of hydrogen-bond donors (Lipinski definition) is 2. The van der Waals surface area contributed by atoms with Gasteiger partial charge in [0.25, 0.3) is 5.91 Å². The number of halogens is 1. The van der Waals surface area contributed by atoms with Crippen LogP contribution in [0.25, 0.3) is 11.3 Å². The molecular formula is C25H21BrN4O3S. The predicted octanol–water partition coefficient (Wildman–Crippen LogP) is 6.04. The normalized spacial score (nSPS) is 10.8. The van der Waals surface area contributed by atoms with Crippen LogP contribution in [0.4, 0.5) is 10.8 Å². The minimum absolute atomic E-state index is 0.160. The van der Waals surface area contributed by atoms with Gasteiger partial charge in [0.2, 0.25) is 5.13 Å². The third-order valence-electron chi connectivity index (χ3n) is 4.60. The zero-order chi connectivity index (χ0) is 23.8. The molecule has 3 aromatic carbocycles. The highest BCUT2D eigenvalue weighted by Crippen LogP contribution is 2.36. The summed E-state index contributed by atoms with van der Waals surface area (Å²) in [6.07, 6.45) is 1.66. The number of methoxy groups -OCH3 is 1. The second kappa shape index (κ2) is 11.4. The number of hydrogen-bond acceptors (Lipinski definition) is 7. The van der Waals surface area contributed by atoms with Crippen molar-refractivity contribution in [2.45, 2.75) is 0 Å². The van der Waals surface area contributed by atoms with E-state index in [1.165, 1.54) is 11.3 Å². The van der Waals surface area contributed by atoms with Crippen molar-refractivity contribution in [3.63, 3.8) is 0 Å². The Morgan fingerprint density at radius 2 is 1.85 bits per heavy atom. The molecule has 0 aliphatic heterocycles. The molecule has 4 aromatic rings. The second-order valence-corrected chi connectivity index (χ2v) is 8.72. The van der Waals surface area contributed by atoms with Gasteiger partial charge in [0.15, 0.2) is 18.1 Å². The van der Waals surface area contributed by atoms with E-state index in [9.17, 15) is 4.79 Å². The number of rotatable bonds is 9. The highest BCUT2D eigenvalue weighted by atomic mass is 79.9. The van der Waals surface area contributed by atoms with E-state index in [2.05, 4.69) is 36.8 Å². The van der Waals surface area contributed by atoms with Crippen LogP contribution in [0.1, 0.15) is 5.56 Å². The number of amides is 1. The summed E-state index contributed by atoms with van der Waals surface area (Å²) in [7, 11) is 1.54. The van der Waals surface area contributed by atoms with Crippen molar-refractivity contribution in [3.05, 3.63) is 88.2 Å². The number of anilines is 2. The molecular weight excluding hydrogens is 516 g/mol. The molecule has 0 unspecified atom stereocenters. The van der Waals surface area contributed by atoms with Gasteiger partial charge < -0.3 is 14.8 Å². The van der Waals surface area contributed by atoms with Crippen LogP contribution >= 0.6 is 27.3 Å². The lowest BCUT2D eigenvalue weighted by Crippen LogP contribution is -2.20. The van der Waals surface area contributed by atoms with E-state index >= 15 is 0 Å². The summed E-state index contributed by atoms with van der Waals surface area (Å²) in [5.74, 6) is 0.639. The minimum Gasteiger partial charge on any atom is -0.493 e. The molecule has 2 N–H and O–H groups in total. The first-order chi connectivity index (χ1) is 16.6. The average molecular weight is 537 g/mol. The predicted molar refractivity (Wildman–Crippen MR) is 140 cm³/mol. The van der Waals surface area contributed by atoms with Crippen LogP contribution in [0.3, 0.4) is 0 Å². The van der Waals surface area contributed by atoms with Crippen molar-refractivity contribution in [2.24, 2.45) is 5.10 Å². The van der Waals surface area contributed by atoms with E-state index in [1.807, 2.05) is 72.1 Å². The molecule has 9 heteroatoms. The highest BCUT2D eigenvalue weighted by Gasteiger charge is 2.13. The first kappa shape index (κ1) is 23.5. The summed E-state index contributed by atoms with van der Waals surface area (Å²) >= 11 is 4.97. The number of ether oxygens (including phenoxy) is 2. The zero-order valence-corrected chi connectivity index (χ0v) is 20.6. The van der Waals surface area contributed by atoms with Crippen molar-refractivity contribution >= 4 is 50.2 Å². The van der Waals surface area contributed by atoms with E-state index in [0.29, 0.717) is 26.8 Å². The van der Waals surface area contributed by atoms with Crippen LogP contribution < -0.4 is 20.2 Å². The van der Waals surface area contributed by atoms with Gasteiger partial charge >= 0.3 is 0 Å². The lowest BCUT2D eigenvalue weighted by atomic mass is 10.2. The van der Waals surface area contributed by atoms with Crippen LogP contribution in [-0.2, 0) is 4.79 Å². The Balaban J connectivity index is 1.38. The van der Waals surface area contributed by atoms with Gasteiger partial charge in [-0.1, -0.05) is 48.5 Å². The van der Waals surface area contributed by atoms with Gasteiger partial charge in [-0.3, -0.25) is 10.2 Å². The molecule has 1 heterocycles. The molecule has 1 aromatic heterocycles. The molecule has 0 bridgehead atoms. The number of thiazole rings is 1. The van der Waals surface area contributed by atoms with Crippen molar-refractivity contribution in [2.75, 3.05) is 24.5 Å². The van der Waals surface area contributed by atoms with Crippen LogP contribution in [-0.4, -0.2) is 30.8 Å². The largest absolute Gasteiger partial charge is 0.493 e. The molecule has 0 aliphatic carbocycles. The highest BCUT2D eigenvalue weighted by molar-refractivity contribution is 9.10. The molecule has 7 nitrogen and oxygen atoms in total. The van der Waals surface area contributed by atoms with Crippen molar-refractivity contribution in [3.8, 4) is 22.8 Å². The van der Waals surface area contributed by atoms with Gasteiger partial charge in [-0.05, 0) is 45.8 Å². The summed E-state index contributed by atoms with van der Waals surface area (Å²) in [4.78, 5) is 16.8. The fourth-order valence-corrected chi connectivity index (χ4v) is 4.28. The number of nitrogens with one attached hydrogen (secondary N) is 2. The average Bonchev–Trinajstić information content (AvgIpc) is 3.33. The summed E-state index contributed by atoms with van der Waals surface area (Å²) in [6.45, 7) is -0.160. The lowest BCUT2D eigenvalue weighted by Gasteiger charge is -2.13. The van der Waals surface area contributed by atoms with Gasteiger partial charge in [0.1, 0.15) is 0 Å². The molecule has 0 saturated heterocycles.